The molecule has 1 N–H and O–H groups in total. The molecule has 2 aromatic rings. The first-order valence-electron chi connectivity index (χ1n) is 10.3. The molecule has 0 bridgehead atoms. The summed E-state index contributed by atoms with van der Waals surface area (Å²) in [6.45, 7) is 3.96. The first-order chi connectivity index (χ1) is 13.9. The molecule has 5 nitrogen and oxygen atoms in total. The highest BCUT2D eigenvalue weighted by Gasteiger charge is 2.31. The van der Waals surface area contributed by atoms with Gasteiger partial charge in [-0.25, -0.2) is 4.39 Å². The van der Waals surface area contributed by atoms with Crippen LogP contribution < -0.4 is 10.2 Å². The quantitative estimate of drug-likeness (QED) is 0.856. The number of nitrogens with zero attached hydrogens (tertiary/aromatic N) is 2. The highest BCUT2D eigenvalue weighted by Crippen LogP contribution is 2.41. The van der Waals surface area contributed by atoms with Crippen LogP contribution in [0.5, 0.6) is 0 Å². The lowest BCUT2D eigenvalue weighted by atomic mass is 9.78. The summed E-state index contributed by atoms with van der Waals surface area (Å²) in [6.07, 6.45) is 6.73. The van der Waals surface area contributed by atoms with E-state index in [0.717, 1.165) is 35.1 Å². The number of fused-ring (bicyclic) bond motifs is 2. The van der Waals surface area contributed by atoms with Gasteiger partial charge in [-0.15, -0.1) is 0 Å². The van der Waals surface area contributed by atoms with E-state index in [9.17, 15) is 9.59 Å². The fraction of sp³-hybridized carbons (Fsp3) is 0.435. The largest absolute Gasteiger partial charge is 0.349 e. The number of halogens is 1. The minimum Gasteiger partial charge on any atom is -0.349 e. The zero-order valence-corrected chi connectivity index (χ0v) is 17.1. The van der Waals surface area contributed by atoms with Crippen LogP contribution in [-0.2, 0) is 22.4 Å². The molecule has 2 atom stereocenters. The van der Waals surface area contributed by atoms with Gasteiger partial charge in [0.25, 0.3) is 0 Å². The van der Waals surface area contributed by atoms with Gasteiger partial charge in [-0.3, -0.25) is 14.6 Å². The second-order valence-corrected chi connectivity index (χ2v) is 8.08. The topological polar surface area (TPSA) is 62.3 Å². The van der Waals surface area contributed by atoms with Crippen LogP contribution in [0.1, 0.15) is 55.8 Å². The van der Waals surface area contributed by atoms with E-state index in [0.29, 0.717) is 36.4 Å². The number of benzene rings is 1. The molecule has 0 saturated heterocycles. The number of aromatic nitrogens is 1. The van der Waals surface area contributed by atoms with Crippen LogP contribution in [0.15, 0.2) is 24.5 Å². The Morgan fingerprint density at radius 1 is 1.24 bits per heavy atom. The Kier molecular flexibility index (Phi) is 5.11. The molecule has 0 fully saturated rings. The molecule has 1 aliphatic carbocycles. The predicted molar refractivity (Wildman–Crippen MR) is 110 cm³/mol. The summed E-state index contributed by atoms with van der Waals surface area (Å²) in [4.78, 5) is 29.9. The molecule has 1 aromatic heterocycles. The predicted octanol–water partition coefficient (Wildman–Crippen LogP) is 3.95. The number of aryl methyl sites for hydroxylation is 1. The van der Waals surface area contributed by atoms with Gasteiger partial charge in [-0.2, -0.15) is 0 Å². The average molecular weight is 395 g/mol. The smallest absolute Gasteiger partial charge is 0.227 e. The van der Waals surface area contributed by atoms with Crippen LogP contribution in [0.3, 0.4) is 0 Å². The fourth-order valence-corrected chi connectivity index (χ4v) is 4.49. The summed E-state index contributed by atoms with van der Waals surface area (Å²) >= 11 is 0. The summed E-state index contributed by atoms with van der Waals surface area (Å²) in [5.74, 6) is -0.0453. The number of hydrogen-bond donors (Lipinski definition) is 1. The maximum Gasteiger partial charge on any atom is 0.227 e. The molecule has 0 radical (unpaired) electrons. The van der Waals surface area contributed by atoms with Gasteiger partial charge in [0.15, 0.2) is 0 Å². The highest BCUT2D eigenvalue weighted by atomic mass is 19.1. The molecule has 1 aromatic carbocycles. The summed E-state index contributed by atoms with van der Waals surface area (Å²) in [7, 11) is 1.69. The standard InChI is InChI=1S/C23H26FN3O2/c1-4-21(28)26-23-13(2)5-7-15-17(11-25-12-18(15)23)16-9-14-6-8-22(29)27(3)20(14)10-19(16)24/h9-13,23H,4-8H2,1-3H3,(H,26,28)/t13-,23?/m0/s1. The van der Waals surface area contributed by atoms with Crippen LogP contribution in [0.4, 0.5) is 10.1 Å². The van der Waals surface area contributed by atoms with Crippen molar-refractivity contribution < 1.29 is 14.0 Å². The maximum atomic E-state index is 15.1. The maximum absolute atomic E-state index is 15.1. The van der Waals surface area contributed by atoms with Gasteiger partial charge in [-0.1, -0.05) is 13.8 Å². The third-order valence-corrected chi connectivity index (χ3v) is 6.28. The van der Waals surface area contributed by atoms with Crippen molar-refractivity contribution in [1.29, 1.82) is 0 Å². The third kappa shape index (κ3) is 3.41. The van der Waals surface area contributed by atoms with Gasteiger partial charge >= 0.3 is 0 Å². The van der Waals surface area contributed by atoms with Crippen LogP contribution >= 0.6 is 0 Å². The normalized spacial score (nSPS) is 20.8. The molecule has 0 saturated carbocycles. The van der Waals surface area contributed by atoms with E-state index in [2.05, 4.69) is 17.2 Å². The Morgan fingerprint density at radius 3 is 2.79 bits per heavy atom. The van der Waals surface area contributed by atoms with Gasteiger partial charge in [0.1, 0.15) is 5.82 Å². The Morgan fingerprint density at radius 2 is 2.03 bits per heavy atom. The van der Waals surface area contributed by atoms with E-state index in [-0.39, 0.29) is 23.7 Å². The number of nitrogens with one attached hydrogen (secondary N) is 1. The molecule has 0 spiro atoms. The van der Waals surface area contributed by atoms with Crippen molar-refractivity contribution in [3.63, 3.8) is 0 Å². The van der Waals surface area contributed by atoms with E-state index in [4.69, 9.17) is 0 Å². The van der Waals surface area contributed by atoms with Gasteiger partial charge in [0.05, 0.1) is 6.04 Å². The average Bonchev–Trinajstić information content (AvgIpc) is 2.72. The van der Waals surface area contributed by atoms with E-state index in [1.807, 2.05) is 13.0 Å². The lowest BCUT2D eigenvalue weighted by Crippen LogP contribution is -2.35. The summed E-state index contributed by atoms with van der Waals surface area (Å²) < 4.78 is 15.1. The number of amides is 2. The van der Waals surface area contributed by atoms with Crippen molar-refractivity contribution in [2.75, 3.05) is 11.9 Å². The van der Waals surface area contributed by atoms with Gasteiger partial charge in [0.2, 0.25) is 11.8 Å². The number of carbonyl (C=O) groups is 2. The Balaban J connectivity index is 1.80. The second-order valence-electron chi connectivity index (χ2n) is 8.08. The Labute approximate surface area is 170 Å². The van der Waals surface area contributed by atoms with Crippen LogP contribution in [-0.4, -0.2) is 23.8 Å². The first-order valence-corrected chi connectivity index (χ1v) is 10.3. The zero-order chi connectivity index (χ0) is 20.7. The third-order valence-electron chi connectivity index (χ3n) is 6.28. The van der Waals surface area contributed by atoms with Crippen molar-refractivity contribution in [3.8, 4) is 11.1 Å². The van der Waals surface area contributed by atoms with Crippen LogP contribution in [0, 0.1) is 11.7 Å². The Bertz CT molecular complexity index is 988. The van der Waals surface area contributed by atoms with Crippen molar-refractivity contribution in [3.05, 3.63) is 47.0 Å². The van der Waals surface area contributed by atoms with Crippen molar-refractivity contribution in [2.24, 2.45) is 5.92 Å². The minimum atomic E-state index is -0.353. The summed E-state index contributed by atoms with van der Waals surface area (Å²) in [6, 6.07) is 3.22. The second kappa shape index (κ2) is 7.58. The SMILES string of the molecule is CCC(=O)NC1c2cncc(-c3cc4c(cc3F)N(C)C(=O)CC4)c2CC[C@@H]1C. The molecule has 1 aliphatic heterocycles. The van der Waals surface area contributed by atoms with E-state index in [1.165, 1.54) is 11.0 Å². The van der Waals surface area contributed by atoms with E-state index < -0.39 is 0 Å². The number of pyridine rings is 1. The number of carbonyl (C=O) groups excluding carboxylic acids is 2. The monoisotopic (exact) mass is 395 g/mol. The van der Waals surface area contributed by atoms with Gasteiger partial charge in [-0.05, 0) is 54.0 Å². The molecular weight excluding hydrogens is 369 g/mol. The van der Waals surface area contributed by atoms with Crippen molar-refractivity contribution >= 4 is 17.5 Å². The summed E-state index contributed by atoms with van der Waals surface area (Å²) in [5.41, 5.74) is 4.95. The van der Waals surface area contributed by atoms with E-state index >= 15 is 4.39 Å². The molecule has 4 rings (SSSR count). The molecule has 1 unspecified atom stereocenters. The molecular formula is C23H26FN3O2. The molecule has 2 amide bonds. The van der Waals surface area contributed by atoms with Gasteiger partial charge in [0, 0.05) is 49.1 Å². The molecule has 6 heteroatoms. The first kappa shape index (κ1) is 19.6. The molecule has 29 heavy (non-hydrogen) atoms. The summed E-state index contributed by atoms with van der Waals surface area (Å²) in [5, 5.41) is 3.11. The molecule has 2 heterocycles. The number of rotatable bonds is 3. The Hall–Kier alpha value is -2.76. The van der Waals surface area contributed by atoms with E-state index in [1.54, 1.807) is 19.4 Å². The molecule has 152 valence electrons. The van der Waals surface area contributed by atoms with Crippen LogP contribution in [0.25, 0.3) is 11.1 Å². The number of anilines is 1. The lowest BCUT2D eigenvalue weighted by molar-refractivity contribution is -0.122. The van der Waals surface area contributed by atoms with Gasteiger partial charge < -0.3 is 10.2 Å². The highest BCUT2D eigenvalue weighted by molar-refractivity contribution is 5.96. The van der Waals surface area contributed by atoms with Crippen molar-refractivity contribution in [1.82, 2.24) is 10.3 Å². The van der Waals surface area contributed by atoms with Crippen LogP contribution in [0.2, 0.25) is 0 Å². The van der Waals surface area contributed by atoms with Crippen molar-refractivity contribution in [2.45, 2.75) is 52.0 Å². The minimum absolute atomic E-state index is 0.00639. The fourth-order valence-electron chi connectivity index (χ4n) is 4.49. The number of hydrogen-bond acceptors (Lipinski definition) is 3. The lowest BCUT2D eigenvalue weighted by Gasteiger charge is -2.33. The zero-order valence-electron chi connectivity index (χ0n) is 17.1. The molecule has 2 aliphatic rings.